The summed E-state index contributed by atoms with van der Waals surface area (Å²) in [6.45, 7) is 1.69. The third kappa shape index (κ3) is 3.38. The molecule has 2 heterocycles. The number of carbonyl (C=O) groups excluding carboxylic acids is 2. The van der Waals surface area contributed by atoms with Crippen molar-refractivity contribution in [2.45, 2.75) is 31.2 Å². The zero-order chi connectivity index (χ0) is 20.6. The summed E-state index contributed by atoms with van der Waals surface area (Å²) in [6, 6.07) is 4.92. The van der Waals surface area contributed by atoms with Crippen LogP contribution >= 0.6 is 23.5 Å². The fraction of sp³-hybridized carbons (Fsp3) is 0.474. The minimum absolute atomic E-state index is 0.0195. The Balaban J connectivity index is 1.83. The molecule has 2 atom stereocenters. The molecule has 4 rings (SSSR count). The minimum Gasteiger partial charge on any atom is -0.461 e. The van der Waals surface area contributed by atoms with Gasteiger partial charge in [0, 0.05) is 32.7 Å². The van der Waals surface area contributed by atoms with E-state index in [4.69, 9.17) is 14.2 Å². The second kappa shape index (κ2) is 7.91. The lowest BCUT2D eigenvalue weighted by atomic mass is 9.68. The summed E-state index contributed by atoms with van der Waals surface area (Å²) >= 11 is 3.03. The number of nitrogens with zero attached hydrogens (tertiary/aromatic N) is 1. The van der Waals surface area contributed by atoms with Crippen molar-refractivity contribution in [3.63, 3.8) is 0 Å². The summed E-state index contributed by atoms with van der Waals surface area (Å²) in [5, 5.41) is 12.4. The van der Waals surface area contributed by atoms with Crippen molar-refractivity contribution in [3.8, 4) is 11.5 Å². The van der Waals surface area contributed by atoms with Gasteiger partial charge in [-0.2, -0.15) is 0 Å². The lowest BCUT2D eigenvalue weighted by Gasteiger charge is -2.35. The monoisotopic (exact) mass is 437 g/mol. The van der Waals surface area contributed by atoms with Crippen LogP contribution in [0.2, 0.25) is 0 Å². The molecule has 0 bridgehead atoms. The van der Waals surface area contributed by atoms with E-state index in [1.54, 1.807) is 25.1 Å². The fourth-order valence-electron chi connectivity index (χ4n) is 3.90. The second-order valence-corrected chi connectivity index (χ2v) is 9.30. The highest BCUT2D eigenvalue weighted by Gasteiger charge is 2.63. The number of ketones is 1. The van der Waals surface area contributed by atoms with Gasteiger partial charge in [-0.25, -0.2) is 4.79 Å². The Bertz CT molecular complexity index is 908. The molecule has 1 aromatic carbocycles. The Labute approximate surface area is 175 Å². The third-order valence-electron chi connectivity index (χ3n) is 5.30. The summed E-state index contributed by atoms with van der Waals surface area (Å²) < 4.78 is 16.6. The van der Waals surface area contributed by atoms with Gasteiger partial charge in [0.25, 0.3) is 0 Å². The summed E-state index contributed by atoms with van der Waals surface area (Å²) in [5.74, 6) is 0.625. The van der Waals surface area contributed by atoms with Gasteiger partial charge in [0.15, 0.2) is 17.3 Å². The number of esters is 1. The Hall–Kier alpha value is -2.20. The van der Waals surface area contributed by atoms with Gasteiger partial charge < -0.3 is 14.2 Å². The summed E-state index contributed by atoms with van der Waals surface area (Å²) in [5.41, 5.74) is -1.20. The molecule has 1 aliphatic carbocycles. The quantitative estimate of drug-likeness (QED) is 0.304. The van der Waals surface area contributed by atoms with E-state index in [9.17, 15) is 19.7 Å². The first-order valence-corrected chi connectivity index (χ1v) is 11.2. The van der Waals surface area contributed by atoms with Crippen LogP contribution < -0.4 is 9.47 Å². The predicted octanol–water partition coefficient (Wildman–Crippen LogP) is 3.13. The van der Waals surface area contributed by atoms with E-state index in [1.165, 1.54) is 23.5 Å². The molecule has 0 N–H and O–H groups in total. The molecule has 0 radical (unpaired) electrons. The van der Waals surface area contributed by atoms with Crippen LogP contribution in [0.4, 0.5) is 0 Å². The van der Waals surface area contributed by atoms with Crippen molar-refractivity contribution >= 4 is 35.3 Å². The molecule has 1 saturated heterocycles. The van der Waals surface area contributed by atoms with Crippen molar-refractivity contribution in [1.29, 1.82) is 0 Å². The van der Waals surface area contributed by atoms with Gasteiger partial charge in [0.05, 0.1) is 18.9 Å². The minimum atomic E-state index is -2.07. The molecule has 0 amide bonds. The summed E-state index contributed by atoms with van der Waals surface area (Å²) in [7, 11) is 0. The van der Waals surface area contributed by atoms with E-state index in [2.05, 4.69) is 0 Å². The van der Waals surface area contributed by atoms with E-state index < -0.39 is 22.3 Å². The third-order valence-corrected chi connectivity index (χ3v) is 8.10. The van der Waals surface area contributed by atoms with E-state index in [0.717, 1.165) is 15.7 Å². The Morgan fingerprint density at radius 2 is 2.03 bits per heavy atom. The first kappa shape index (κ1) is 20.1. The van der Waals surface area contributed by atoms with Crippen molar-refractivity contribution < 1.29 is 28.7 Å². The highest BCUT2D eigenvalue weighted by atomic mass is 32.2. The van der Waals surface area contributed by atoms with Gasteiger partial charge in [0.1, 0.15) is 0 Å². The van der Waals surface area contributed by atoms with Gasteiger partial charge in [0.2, 0.25) is 6.79 Å². The molecular weight excluding hydrogens is 418 g/mol. The van der Waals surface area contributed by atoms with E-state index >= 15 is 0 Å². The first-order valence-electron chi connectivity index (χ1n) is 9.20. The highest BCUT2D eigenvalue weighted by Crippen LogP contribution is 2.50. The number of thioether (sulfide) groups is 2. The van der Waals surface area contributed by atoms with Gasteiger partial charge >= 0.3 is 11.5 Å². The summed E-state index contributed by atoms with van der Waals surface area (Å²) in [4.78, 5) is 37.8. The van der Waals surface area contributed by atoms with Crippen LogP contribution in [0.3, 0.4) is 0 Å². The standard InChI is InChI=1S/C19H19NO7S2/c1-2-25-18(22)19(20(23)24)9-12(17-28-5-6-29-17)14(21)8-13(19)11-3-4-15-16(7-11)27-10-26-15/h3-4,7,13H,2,5-6,8-10H2,1H3. The lowest BCUT2D eigenvalue weighted by Crippen LogP contribution is -2.56. The van der Waals surface area contributed by atoms with Crippen molar-refractivity contribution in [1.82, 2.24) is 0 Å². The molecule has 1 saturated carbocycles. The van der Waals surface area contributed by atoms with Crippen LogP contribution in [0.15, 0.2) is 28.0 Å². The molecule has 2 aliphatic heterocycles. The van der Waals surface area contributed by atoms with E-state index in [0.29, 0.717) is 22.6 Å². The highest BCUT2D eigenvalue weighted by molar-refractivity contribution is 8.25. The molecule has 8 nitrogen and oxygen atoms in total. The SMILES string of the molecule is CCOC(=O)C1([N+](=O)[O-])CC(=C2SCCS2)C(=O)CC1c1ccc2c(c1)OCO2. The fourth-order valence-corrected chi connectivity index (χ4v) is 6.49. The number of rotatable bonds is 4. The maximum absolute atomic E-state index is 13.0. The molecule has 10 heteroatoms. The van der Waals surface area contributed by atoms with Crippen LogP contribution in [0.5, 0.6) is 11.5 Å². The normalized spacial score (nSPS) is 26.0. The Morgan fingerprint density at radius 1 is 1.31 bits per heavy atom. The van der Waals surface area contributed by atoms with Crippen molar-refractivity contribution in [2.75, 3.05) is 24.9 Å². The Kier molecular flexibility index (Phi) is 5.48. The molecule has 154 valence electrons. The smallest absolute Gasteiger partial charge is 0.385 e. The number of hydrogen-bond donors (Lipinski definition) is 0. The van der Waals surface area contributed by atoms with Gasteiger partial charge in [-0.15, -0.1) is 23.5 Å². The maximum atomic E-state index is 13.0. The molecule has 2 unspecified atom stereocenters. The van der Waals surface area contributed by atoms with Crippen LogP contribution in [0.25, 0.3) is 0 Å². The summed E-state index contributed by atoms with van der Waals surface area (Å²) in [6.07, 6.45) is -0.411. The molecular formula is C19H19NO7S2. The molecule has 0 aromatic heterocycles. The molecule has 0 spiro atoms. The maximum Gasteiger partial charge on any atom is 0.385 e. The van der Waals surface area contributed by atoms with Gasteiger partial charge in [-0.05, 0) is 24.6 Å². The topological polar surface area (TPSA) is 105 Å². The zero-order valence-electron chi connectivity index (χ0n) is 15.7. The van der Waals surface area contributed by atoms with Crippen molar-refractivity contribution in [3.05, 3.63) is 43.7 Å². The average molecular weight is 437 g/mol. The number of hydrogen-bond acceptors (Lipinski definition) is 9. The zero-order valence-corrected chi connectivity index (χ0v) is 17.3. The van der Waals surface area contributed by atoms with E-state index in [1.807, 2.05) is 0 Å². The largest absolute Gasteiger partial charge is 0.461 e. The van der Waals surface area contributed by atoms with Crippen LogP contribution in [0.1, 0.15) is 31.2 Å². The second-order valence-electron chi connectivity index (χ2n) is 6.83. The lowest BCUT2D eigenvalue weighted by molar-refractivity contribution is -0.560. The van der Waals surface area contributed by atoms with Crippen molar-refractivity contribution in [2.24, 2.45) is 0 Å². The molecule has 1 aromatic rings. The van der Waals surface area contributed by atoms with Crippen LogP contribution in [-0.2, 0) is 14.3 Å². The number of ether oxygens (including phenoxy) is 3. The number of benzene rings is 1. The first-order chi connectivity index (χ1) is 14.0. The molecule has 3 aliphatic rings. The van der Waals surface area contributed by atoms with Gasteiger partial charge in [-0.3, -0.25) is 14.9 Å². The molecule has 29 heavy (non-hydrogen) atoms. The van der Waals surface area contributed by atoms with Gasteiger partial charge in [-0.1, -0.05) is 6.07 Å². The van der Waals surface area contributed by atoms with Crippen LogP contribution in [-0.4, -0.2) is 47.1 Å². The number of nitro groups is 1. The number of carbonyl (C=O) groups is 2. The average Bonchev–Trinajstić information content (AvgIpc) is 3.39. The number of Topliss-reactive ketones (excluding diaryl/α,β-unsaturated/α-hetero) is 1. The predicted molar refractivity (Wildman–Crippen MR) is 108 cm³/mol. The number of fused-ring (bicyclic) bond motifs is 1. The van der Waals surface area contributed by atoms with Crippen LogP contribution in [0, 0.1) is 10.1 Å². The molecule has 2 fully saturated rings. The Morgan fingerprint density at radius 3 is 2.72 bits per heavy atom. The van der Waals surface area contributed by atoms with E-state index in [-0.39, 0.29) is 32.0 Å².